The Kier molecular flexibility index (Phi) is 6.46. The van der Waals surface area contributed by atoms with Crippen molar-refractivity contribution in [1.82, 2.24) is 9.80 Å². The van der Waals surface area contributed by atoms with E-state index in [4.69, 9.17) is 4.74 Å². The number of hydrogen-bond donors (Lipinski definition) is 0. The minimum Gasteiger partial charge on any atom is -0.468 e. The van der Waals surface area contributed by atoms with Gasteiger partial charge in [-0.15, -0.1) is 0 Å². The van der Waals surface area contributed by atoms with Crippen LogP contribution in [0.3, 0.4) is 0 Å². The molecule has 0 aromatic heterocycles. The predicted molar refractivity (Wildman–Crippen MR) is 78.3 cm³/mol. The van der Waals surface area contributed by atoms with E-state index in [1.165, 1.54) is 7.11 Å². The molecule has 0 unspecified atom stereocenters. The standard InChI is InChI=1S/C15H28N2O3/c1-11(2)17(12(3)4)14(18)10-16-9-7-6-8-13(16)15(19)20-5/h11-13H,6-10H2,1-5H3/t13-/m0/s1. The molecule has 116 valence electrons. The molecular formula is C15H28N2O3. The van der Waals surface area contributed by atoms with Gasteiger partial charge in [0.2, 0.25) is 5.91 Å². The summed E-state index contributed by atoms with van der Waals surface area (Å²) in [7, 11) is 1.41. The quantitative estimate of drug-likeness (QED) is 0.720. The molecule has 1 amide bonds. The van der Waals surface area contributed by atoms with Gasteiger partial charge in [0.1, 0.15) is 6.04 Å². The summed E-state index contributed by atoms with van der Waals surface area (Å²) in [6.07, 6.45) is 2.83. The lowest BCUT2D eigenvalue weighted by Crippen LogP contribution is -2.52. The molecule has 0 saturated carbocycles. The second-order valence-corrected chi connectivity index (χ2v) is 5.99. The maximum absolute atomic E-state index is 12.5. The van der Waals surface area contributed by atoms with E-state index in [9.17, 15) is 9.59 Å². The molecule has 1 atom stereocenters. The van der Waals surface area contributed by atoms with Crippen molar-refractivity contribution in [2.75, 3.05) is 20.2 Å². The van der Waals surface area contributed by atoms with Crippen LogP contribution < -0.4 is 0 Å². The Bertz CT molecular complexity index is 334. The van der Waals surface area contributed by atoms with Crippen LogP contribution in [0.25, 0.3) is 0 Å². The molecule has 1 aliphatic heterocycles. The van der Waals surface area contributed by atoms with E-state index < -0.39 is 0 Å². The first kappa shape index (κ1) is 17.0. The van der Waals surface area contributed by atoms with Crippen LogP contribution in [0, 0.1) is 0 Å². The highest BCUT2D eigenvalue weighted by atomic mass is 16.5. The van der Waals surface area contributed by atoms with Crippen molar-refractivity contribution >= 4 is 11.9 Å². The highest BCUT2D eigenvalue weighted by Crippen LogP contribution is 2.19. The van der Waals surface area contributed by atoms with Gasteiger partial charge in [-0.3, -0.25) is 14.5 Å². The zero-order chi connectivity index (χ0) is 15.3. The molecule has 0 spiro atoms. The summed E-state index contributed by atoms with van der Waals surface area (Å²) in [6.45, 7) is 9.17. The number of esters is 1. The van der Waals surface area contributed by atoms with Gasteiger partial charge in [-0.05, 0) is 47.1 Å². The largest absolute Gasteiger partial charge is 0.468 e. The number of rotatable bonds is 5. The molecule has 0 aliphatic carbocycles. The topological polar surface area (TPSA) is 49.9 Å². The van der Waals surface area contributed by atoms with Gasteiger partial charge in [0.25, 0.3) is 0 Å². The number of likely N-dealkylation sites (tertiary alicyclic amines) is 1. The van der Waals surface area contributed by atoms with Crippen molar-refractivity contribution in [2.24, 2.45) is 0 Å². The maximum Gasteiger partial charge on any atom is 0.323 e. The van der Waals surface area contributed by atoms with Gasteiger partial charge in [0.15, 0.2) is 0 Å². The number of nitrogens with zero attached hydrogens (tertiary/aromatic N) is 2. The molecule has 0 N–H and O–H groups in total. The monoisotopic (exact) mass is 284 g/mol. The van der Waals surface area contributed by atoms with Crippen LogP contribution in [0.1, 0.15) is 47.0 Å². The number of piperidine rings is 1. The smallest absolute Gasteiger partial charge is 0.323 e. The Morgan fingerprint density at radius 1 is 1.20 bits per heavy atom. The average Bonchev–Trinajstić information content (AvgIpc) is 2.37. The van der Waals surface area contributed by atoms with Crippen molar-refractivity contribution in [3.63, 3.8) is 0 Å². The van der Waals surface area contributed by atoms with Crippen molar-refractivity contribution in [2.45, 2.75) is 65.1 Å². The van der Waals surface area contributed by atoms with Crippen LogP contribution in [0.2, 0.25) is 0 Å². The van der Waals surface area contributed by atoms with Crippen molar-refractivity contribution < 1.29 is 14.3 Å². The summed E-state index contributed by atoms with van der Waals surface area (Å²) >= 11 is 0. The minimum absolute atomic E-state index is 0.0887. The molecule has 0 radical (unpaired) electrons. The molecule has 1 fully saturated rings. The van der Waals surface area contributed by atoms with Crippen LogP contribution in [-0.4, -0.2) is 60.0 Å². The van der Waals surface area contributed by atoms with Crippen LogP contribution >= 0.6 is 0 Å². The van der Waals surface area contributed by atoms with Gasteiger partial charge in [0.05, 0.1) is 13.7 Å². The van der Waals surface area contributed by atoms with Crippen LogP contribution in [0.15, 0.2) is 0 Å². The van der Waals surface area contributed by atoms with Crippen LogP contribution in [0.5, 0.6) is 0 Å². The Hall–Kier alpha value is -1.10. The molecule has 5 heteroatoms. The van der Waals surface area contributed by atoms with E-state index in [2.05, 4.69) is 0 Å². The van der Waals surface area contributed by atoms with E-state index in [1.54, 1.807) is 0 Å². The van der Waals surface area contributed by atoms with Gasteiger partial charge in [-0.2, -0.15) is 0 Å². The fraction of sp³-hybridized carbons (Fsp3) is 0.867. The Balaban J connectivity index is 2.73. The maximum atomic E-state index is 12.5. The fourth-order valence-corrected chi connectivity index (χ4v) is 3.01. The van der Waals surface area contributed by atoms with Crippen molar-refractivity contribution in [1.29, 1.82) is 0 Å². The van der Waals surface area contributed by atoms with E-state index in [0.717, 1.165) is 25.8 Å². The molecule has 20 heavy (non-hydrogen) atoms. The normalized spacial score (nSPS) is 20.2. The van der Waals surface area contributed by atoms with Crippen LogP contribution in [-0.2, 0) is 14.3 Å². The Morgan fingerprint density at radius 2 is 1.80 bits per heavy atom. The fourth-order valence-electron chi connectivity index (χ4n) is 3.01. The summed E-state index contributed by atoms with van der Waals surface area (Å²) in [5.41, 5.74) is 0. The second kappa shape index (κ2) is 7.62. The van der Waals surface area contributed by atoms with Crippen LogP contribution in [0.4, 0.5) is 0 Å². The van der Waals surface area contributed by atoms with Crippen molar-refractivity contribution in [3.8, 4) is 0 Å². The second-order valence-electron chi connectivity index (χ2n) is 5.99. The van der Waals surface area contributed by atoms with E-state index in [1.807, 2.05) is 37.5 Å². The summed E-state index contributed by atoms with van der Waals surface area (Å²) in [5, 5.41) is 0. The zero-order valence-electron chi connectivity index (χ0n) is 13.4. The summed E-state index contributed by atoms with van der Waals surface area (Å²) in [5.74, 6) is -0.135. The van der Waals surface area contributed by atoms with Gasteiger partial charge in [0, 0.05) is 12.1 Å². The number of amides is 1. The SMILES string of the molecule is COC(=O)[C@@H]1CCCCN1CC(=O)N(C(C)C)C(C)C. The third-order valence-corrected chi connectivity index (χ3v) is 3.83. The molecule has 0 aromatic carbocycles. The molecule has 1 saturated heterocycles. The van der Waals surface area contributed by atoms with E-state index in [-0.39, 0.29) is 30.0 Å². The van der Waals surface area contributed by atoms with E-state index >= 15 is 0 Å². The third kappa shape index (κ3) is 4.20. The van der Waals surface area contributed by atoms with Crippen molar-refractivity contribution in [3.05, 3.63) is 0 Å². The summed E-state index contributed by atoms with van der Waals surface area (Å²) in [4.78, 5) is 28.1. The number of hydrogen-bond acceptors (Lipinski definition) is 4. The minimum atomic E-state index is -0.265. The first-order valence-corrected chi connectivity index (χ1v) is 7.51. The first-order chi connectivity index (χ1) is 9.38. The third-order valence-electron chi connectivity index (χ3n) is 3.83. The molecule has 5 nitrogen and oxygen atoms in total. The van der Waals surface area contributed by atoms with Gasteiger partial charge in [-0.1, -0.05) is 6.42 Å². The highest BCUT2D eigenvalue weighted by molar-refractivity contribution is 5.81. The van der Waals surface area contributed by atoms with Gasteiger partial charge in [-0.25, -0.2) is 0 Å². The lowest BCUT2D eigenvalue weighted by atomic mass is 10.0. The highest BCUT2D eigenvalue weighted by Gasteiger charge is 2.32. The number of ether oxygens (including phenoxy) is 1. The molecule has 1 heterocycles. The molecule has 1 rings (SSSR count). The summed E-state index contributed by atoms with van der Waals surface area (Å²) in [6, 6.07) is 0.0756. The number of methoxy groups -OCH3 is 1. The first-order valence-electron chi connectivity index (χ1n) is 7.51. The van der Waals surface area contributed by atoms with Gasteiger partial charge < -0.3 is 9.64 Å². The molecular weight excluding hydrogens is 256 g/mol. The average molecular weight is 284 g/mol. The van der Waals surface area contributed by atoms with Gasteiger partial charge >= 0.3 is 5.97 Å². The summed E-state index contributed by atoms with van der Waals surface area (Å²) < 4.78 is 4.85. The lowest BCUT2D eigenvalue weighted by molar-refractivity contribution is -0.150. The lowest BCUT2D eigenvalue weighted by Gasteiger charge is -2.37. The van der Waals surface area contributed by atoms with E-state index in [0.29, 0.717) is 6.54 Å². The predicted octanol–water partition coefficient (Wildman–Crippen LogP) is 1.66. The number of carbonyl (C=O) groups is 2. The Labute approximate surface area is 122 Å². The molecule has 0 aromatic rings. The Morgan fingerprint density at radius 3 is 2.30 bits per heavy atom. The number of carbonyl (C=O) groups excluding carboxylic acids is 2. The molecule has 0 bridgehead atoms. The molecule has 1 aliphatic rings. The zero-order valence-corrected chi connectivity index (χ0v) is 13.4.